The molecule has 0 fully saturated rings. The number of aromatic hydroxyl groups is 1. The molecule has 1 aromatic carbocycles. The highest BCUT2D eigenvalue weighted by Crippen LogP contribution is 2.27. The summed E-state index contributed by atoms with van der Waals surface area (Å²) in [7, 11) is 0. The molecule has 5 heteroatoms. The molecule has 0 unspecified atom stereocenters. The highest BCUT2D eigenvalue weighted by atomic mass is 16.3. The zero-order valence-corrected chi connectivity index (χ0v) is 10.6. The predicted molar refractivity (Wildman–Crippen MR) is 72.8 cm³/mol. The minimum atomic E-state index is 0.281. The number of benzene rings is 1. The number of H-pyrrole nitrogens is 1. The zero-order chi connectivity index (χ0) is 13.2. The SMILES string of the molecule is CCCc1cc(O)ccc1-c1nc2ncncc2[nH]1. The molecule has 96 valence electrons. The van der Waals surface area contributed by atoms with Crippen LogP contribution in [-0.2, 0) is 6.42 Å². The summed E-state index contributed by atoms with van der Waals surface area (Å²) in [6.45, 7) is 2.11. The molecule has 0 radical (unpaired) electrons. The average molecular weight is 254 g/mol. The van der Waals surface area contributed by atoms with Gasteiger partial charge in [-0.15, -0.1) is 0 Å². The lowest BCUT2D eigenvalue weighted by atomic mass is 10.0. The molecule has 0 saturated heterocycles. The lowest BCUT2D eigenvalue weighted by Gasteiger charge is -2.06. The van der Waals surface area contributed by atoms with E-state index in [0.29, 0.717) is 5.65 Å². The Bertz CT molecular complexity index is 687. The first kappa shape index (κ1) is 11.6. The third-order valence-electron chi connectivity index (χ3n) is 3.03. The van der Waals surface area contributed by atoms with Crippen LogP contribution in [0.25, 0.3) is 22.6 Å². The van der Waals surface area contributed by atoms with Gasteiger partial charge in [-0.3, -0.25) is 0 Å². The van der Waals surface area contributed by atoms with Gasteiger partial charge in [0.05, 0.1) is 6.20 Å². The molecule has 0 aliphatic heterocycles. The Labute approximate surface area is 110 Å². The number of rotatable bonds is 3. The van der Waals surface area contributed by atoms with E-state index < -0.39 is 0 Å². The number of hydrogen-bond donors (Lipinski definition) is 2. The highest BCUT2D eigenvalue weighted by molar-refractivity contribution is 5.76. The van der Waals surface area contributed by atoms with Crippen molar-refractivity contribution in [2.75, 3.05) is 0 Å². The Morgan fingerprint density at radius 2 is 2.21 bits per heavy atom. The number of aromatic amines is 1. The van der Waals surface area contributed by atoms with Crippen LogP contribution in [0.1, 0.15) is 18.9 Å². The Kier molecular flexibility index (Phi) is 2.87. The van der Waals surface area contributed by atoms with E-state index in [9.17, 15) is 5.11 Å². The molecule has 3 rings (SSSR count). The summed E-state index contributed by atoms with van der Waals surface area (Å²) in [5.74, 6) is 1.04. The molecule has 2 aromatic heterocycles. The Morgan fingerprint density at radius 3 is 3.00 bits per heavy atom. The van der Waals surface area contributed by atoms with Crippen LogP contribution in [0.2, 0.25) is 0 Å². The van der Waals surface area contributed by atoms with Gasteiger partial charge in [0.2, 0.25) is 0 Å². The van der Waals surface area contributed by atoms with Crippen LogP contribution in [0.5, 0.6) is 5.75 Å². The second kappa shape index (κ2) is 4.68. The fourth-order valence-electron chi connectivity index (χ4n) is 2.18. The quantitative estimate of drug-likeness (QED) is 0.753. The fraction of sp³-hybridized carbons (Fsp3) is 0.214. The van der Waals surface area contributed by atoms with E-state index in [2.05, 4.69) is 26.9 Å². The highest BCUT2D eigenvalue weighted by Gasteiger charge is 2.10. The predicted octanol–water partition coefficient (Wildman–Crippen LogP) is 2.68. The lowest BCUT2D eigenvalue weighted by molar-refractivity contribution is 0.474. The van der Waals surface area contributed by atoms with Gasteiger partial charge in [-0.2, -0.15) is 0 Å². The number of aromatic nitrogens is 4. The van der Waals surface area contributed by atoms with Crippen LogP contribution in [0.3, 0.4) is 0 Å². The molecule has 0 saturated carbocycles. The number of imidazole rings is 1. The van der Waals surface area contributed by atoms with Crippen LogP contribution in [0, 0.1) is 0 Å². The lowest BCUT2D eigenvalue weighted by Crippen LogP contribution is -1.91. The number of nitrogens with one attached hydrogen (secondary N) is 1. The molecule has 0 bridgehead atoms. The van der Waals surface area contributed by atoms with Crippen molar-refractivity contribution in [1.29, 1.82) is 0 Å². The third kappa shape index (κ3) is 2.14. The smallest absolute Gasteiger partial charge is 0.181 e. The van der Waals surface area contributed by atoms with Crippen molar-refractivity contribution in [2.45, 2.75) is 19.8 Å². The number of phenolic OH excluding ortho intramolecular Hbond substituents is 1. The van der Waals surface area contributed by atoms with E-state index in [0.717, 1.165) is 35.3 Å². The van der Waals surface area contributed by atoms with Crippen molar-refractivity contribution >= 4 is 11.2 Å². The largest absolute Gasteiger partial charge is 0.508 e. The van der Waals surface area contributed by atoms with E-state index in [1.165, 1.54) is 6.33 Å². The number of hydrogen-bond acceptors (Lipinski definition) is 4. The minimum absolute atomic E-state index is 0.281. The van der Waals surface area contributed by atoms with Crippen LogP contribution >= 0.6 is 0 Å². The summed E-state index contributed by atoms with van der Waals surface area (Å²) in [6, 6.07) is 5.34. The van der Waals surface area contributed by atoms with E-state index in [-0.39, 0.29) is 5.75 Å². The van der Waals surface area contributed by atoms with Crippen molar-refractivity contribution in [1.82, 2.24) is 19.9 Å². The Balaban J connectivity index is 2.14. The summed E-state index contributed by atoms with van der Waals surface area (Å²) in [5.41, 5.74) is 3.54. The summed E-state index contributed by atoms with van der Waals surface area (Å²) < 4.78 is 0. The van der Waals surface area contributed by atoms with E-state index in [4.69, 9.17) is 0 Å². The van der Waals surface area contributed by atoms with Crippen molar-refractivity contribution in [3.63, 3.8) is 0 Å². The molecule has 0 atom stereocenters. The molecule has 5 nitrogen and oxygen atoms in total. The van der Waals surface area contributed by atoms with Crippen molar-refractivity contribution in [2.24, 2.45) is 0 Å². The molecule has 19 heavy (non-hydrogen) atoms. The molecule has 0 aliphatic rings. The van der Waals surface area contributed by atoms with Crippen LogP contribution in [-0.4, -0.2) is 25.0 Å². The number of aryl methyl sites for hydroxylation is 1. The van der Waals surface area contributed by atoms with Gasteiger partial charge in [-0.25, -0.2) is 15.0 Å². The summed E-state index contributed by atoms with van der Waals surface area (Å²) in [4.78, 5) is 15.8. The topological polar surface area (TPSA) is 74.7 Å². The van der Waals surface area contributed by atoms with Gasteiger partial charge in [-0.1, -0.05) is 13.3 Å². The van der Waals surface area contributed by atoms with Gasteiger partial charge >= 0.3 is 0 Å². The summed E-state index contributed by atoms with van der Waals surface area (Å²) >= 11 is 0. The molecule has 0 amide bonds. The normalized spacial score (nSPS) is 11.0. The van der Waals surface area contributed by atoms with Gasteiger partial charge in [0, 0.05) is 5.56 Å². The van der Waals surface area contributed by atoms with Crippen LogP contribution in [0.4, 0.5) is 0 Å². The first-order chi connectivity index (χ1) is 9.28. The maximum absolute atomic E-state index is 9.60. The minimum Gasteiger partial charge on any atom is -0.508 e. The zero-order valence-electron chi connectivity index (χ0n) is 10.6. The molecular formula is C14H14N4O. The maximum atomic E-state index is 9.60. The van der Waals surface area contributed by atoms with Gasteiger partial charge in [0.1, 0.15) is 23.4 Å². The first-order valence-electron chi connectivity index (χ1n) is 6.26. The van der Waals surface area contributed by atoms with Crippen molar-refractivity contribution in [3.8, 4) is 17.1 Å². The Hall–Kier alpha value is -2.43. The summed E-state index contributed by atoms with van der Waals surface area (Å²) in [5, 5.41) is 9.60. The standard InChI is InChI=1S/C14H14N4O/c1-2-3-9-6-10(19)4-5-11(9)13-17-12-7-15-8-16-14(12)18-13/h4-8,19H,2-3H2,1H3,(H,15,16,17,18). The average Bonchev–Trinajstić information content (AvgIpc) is 2.82. The fourth-order valence-corrected chi connectivity index (χ4v) is 2.18. The number of nitrogens with zero attached hydrogens (tertiary/aromatic N) is 3. The first-order valence-corrected chi connectivity index (χ1v) is 6.26. The molecule has 0 aliphatic carbocycles. The number of phenols is 1. The molecule has 2 heterocycles. The van der Waals surface area contributed by atoms with Gasteiger partial charge in [-0.05, 0) is 30.2 Å². The van der Waals surface area contributed by atoms with Gasteiger partial charge < -0.3 is 10.1 Å². The van der Waals surface area contributed by atoms with Gasteiger partial charge in [0.25, 0.3) is 0 Å². The number of fused-ring (bicyclic) bond motifs is 1. The van der Waals surface area contributed by atoms with Crippen LogP contribution < -0.4 is 0 Å². The second-order valence-electron chi connectivity index (χ2n) is 4.44. The van der Waals surface area contributed by atoms with Crippen LogP contribution in [0.15, 0.2) is 30.7 Å². The molecular weight excluding hydrogens is 240 g/mol. The van der Waals surface area contributed by atoms with Crippen molar-refractivity contribution < 1.29 is 5.11 Å². The van der Waals surface area contributed by atoms with E-state index in [1.54, 1.807) is 18.3 Å². The molecule has 3 aromatic rings. The monoisotopic (exact) mass is 254 g/mol. The van der Waals surface area contributed by atoms with E-state index >= 15 is 0 Å². The summed E-state index contributed by atoms with van der Waals surface area (Å²) in [6.07, 6.45) is 5.10. The molecule has 0 spiro atoms. The van der Waals surface area contributed by atoms with Gasteiger partial charge in [0.15, 0.2) is 5.65 Å². The Morgan fingerprint density at radius 1 is 1.32 bits per heavy atom. The van der Waals surface area contributed by atoms with E-state index in [1.807, 2.05) is 6.07 Å². The van der Waals surface area contributed by atoms with Crippen molar-refractivity contribution in [3.05, 3.63) is 36.3 Å². The third-order valence-corrected chi connectivity index (χ3v) is 3.03. The molecule has 2 N–H and O–H groups in total. The maximum Gasteiger partial charge on any atom is 0.181 e. The second-order valence-corrected chi connectivity index (χ2v) is 4.44.